The highest BCUT2D eigenvalue weighted by atomic mass is 32.1. The molecule has 1 aliphatic heterocycles. The van der Waals surface area contributed by atoms with Gasteiger partial charge in [-0.05, 0) is 74.4 Å². The van der Waals surface area contributed by atoms with Crippen LogP contribution in [0.5, 0.6) is 0 Å². The molecule has 2 fully saturated rings. The van der Waals surface area contributed by atoms with Crippen molar-refractivity contribution in [1.29, 1.82) is 0 Å². The third-order valence-electron chi connectivity index (χ3n) is 9.17. The number of thiazole rings is 1. The average molecular weight is 609 g/mol. The first-order valence-corrected chi connectivity index (χ1v) is 17.4. The van der Waals surface area contributed by atoms with Crippen LogP contribution in [-0.2, 0) is 20.8 Å². The molecular formula is C35H52N4O3S. The summed E-state index contributed by atoms with van der Waals surface area (Å²) in [6.07, 6.45) is 16.1. The minimum absolute atomic E-state index is 0.0776. The molecule has 7 nitrogen and oxygen atoms in total. The Labute approximate surface area is 262 Å². The number of benzene rings is 1. The van der Waals surface area contributed by atoms with E-state index in [4.69, 9.17) is 4.98 Å². The third kappa shape index (κ3) is 10.8. The molecule has 2 amide bonds. The van der Waals surface area contributed by atoms with Crippen molar-refractivity contribution in [3.8, 4) is 0 Å². The van der Waals surface area contributed by atoms with Gasteiger partial charge < -0.3 is 10.6 Å². The summed E-state index contributed by atoms with van der Waals surface area (Å²) >= 11 is 1.61. The zero-order valence-corrected chi connectivity index (χ0v) is 27.4. The van der Waals surface area contributed by atoms with Crippen molar-refractivity contribution in [2.75, 3.05) is 26.7 Å². The fraction of sp³-hybridized carbons (Fsp3) is 0.657. The number of hydrogen-bond donors (Lipinski definition) is 2. The van der Waals surface area contributed by atoms with Crippen LogP contribution in [0.25, 0.3) is 10.2 Å². The smallest absolute Gasteiger partial charge is 0.224 e. The predicted octanol–water partition coefficient (Wildman–Crippen LogP) is 6.56. The van der Waals surface area contributed by atoms with Crippen molar-refractivity contribution in [2.24, 2.45) is 11.8 Å². The van der Waals surface area contributed by atoms with Crippen LogP contribution in [0.4, 0.5) is 0 Å². The second-order valence-electron chi connectivity index (χ2n) is 13.0. The molecule has 1 aliphatic carbocycles. The second-order valence-corrected chi connectivity index (χ2v) is 14.1. The van der Waals surface area contributed by atoms with Crippen LogP contribution < -0.4 is 10.6 Å². The molecule has 1 aromatic carbocycles. The topological polar surface area (TPSA) is 91.4 Å². The van der Waals surface area contributed by atoms with Gasteiger partial charge in [0.1, 0.15) is 0 Å². The van der Waals surface area contributed by atoms with Crippen molar-refractivity contribution in [1.82, 2.24) is 20.5 Å². The number of carbonyl (C=O) groups is 3. The van der Waals surface area contributed by atoms with Gasteiger partial charge in [-0.3, -0.25) is 19.3 Å². The predicted molar refractivity (Wildman–Crippen MR) is 176 cm³/mol. The summed E-state index contributed by atoms with van der Waals surface area (Å²) in [5.41, 5.74) is 2.20. The van der Waals surface area contributed by atoms with Crippen molar-refractivity contribution in [2.45, 2.75) is 109 Å². The first-order valence-electron chi connectivity index (χ1n) is 16.6. The van der Waals surface area contributed by atoms with Gasteiger partial charge in [-0.15, -0.1) is 11.3 Å². The van der Waals surface area contributed by atoms with Crippen LogP contribution in [0, 0.1) is 11.8 Å². The molecule has 4 rings (SSSR count). The Balaban J connectivity index is 1.41. The van der Waals surface area contributed by atoms with Crippen LogP contribution >= 0.6 is 11.3 Å². The third-order valence-corrected chi connectivity index (χ3v) is 10.2. The molecule has 1 saturated carbocycles. The fourth-order valence-corrected chi connectivity index (χ4v) is 7.59. The summed E-state index contributed by atoms with van der Waals surface area (Å²) in [5, 5.41) is 6.87. The number of fused-ring (bicyclic) bond motifs is 1. The summed E-state index contributed by atoms with van der Waals surface area (Å²) < 4.78 is 1.11. The summed E-state index contributed by atoms with van der Waals surface area (Å²) in [6.45, 7) is 7.41. The lowest BCUT2D eigenvalue weighted by Crippen LogP contribution is -2.42. The van der Waals surface area contributed by atoms with Gasteiger partial charge in [0.15, 0.2) is 5.78 Å². The molecule has 43 heavy (non-hydrogen) atoms. The maximum atomic E-state index is 13.8. The molecule has 2 aliphatic rings. The van der Waals surface area contributed by atoms with E-state index in [0.717, 1.165) is 41.3 Å². The Bertz CT molecular complexity index is 1230. The summed E-state index contributed by atoms with van der Waals surface area (Å²) in [4.78, 5) is 46.3. The van der Waals surface area contributed by atoms with Gasteiger partial charge in [0.05, 0.1) is 21.1 Å². The Morgan fingerprint density at radius 2 is 1.81 bits per heavy atom. The zero-order valence-electron chi connectivity index (χ0n) is 26.5. The lowest BCUT2D eigenvalue weighted by atomic mass is 9.83. The molecule has 2 atom stereocenters. The maximum Gasteiger partial charge on any atom is 0.224 e. The Hall–Kier alpha value is -2.58. The normalized spacial score (nSPS) is 18.2. The number of amides is 2. The number of piperidine rings is 1. The van der Waals surface area contributed by atoms with Gasteiger partial charge in [0.25, 0.3) is 0 Å². The molecule has 2 aromatic rings. The van der Waals surface area contributed by atoms with Crippen LogP contribution in [0.3, 0.4) is 0 Å². The summed E-state index contributed by atoms with van der Waals surface area (Å²) in [6, 6.07) is 6.28. The molecule has 0 unspecified atom stereocenters. The number of hydrogen-bond acceptors (Lipinski definition) is 6. The molecular weight excluding hydrogens is 556 g/mol. The maximum absolute atomic E-state index is 13.8. The lowest BCUT2D eigenvalue weighted by molar-refractivity contribution is -0.130. The van der Waals surface area contributed by atoms with Crippen molar-refractivity contribution in [3.63, 3.8) is 0 Å². The Morgan fingerprint density at radius 1 is 1.07 bits per heavy atom. The molecule has 0 radical (unpaired) electrons. The van der Waals surface area contributed by atoms with Crippen LogP contribution in [0.2, 0.25) is 0 Å². The van der Waals surface area contributed by atoms with E-state index in [2.05, 4.69) is 47.6 Å². The molecule has 0 spiro atoms. The van der Waals surface area contributed by atoms with Gasteiger partial charge >= 0.3 is 0 Å². The van der Waals surface area contributed by atoms with Gasteiger partial charge in [-0.25, -0.2) is 4.98 Å². The van der Waals surface area contributed by atoms with Crippen LogP contribution in [0.1, 0.15) is 107 Å². The number of ketones is 1. The number of aromatic nitrogens is 1. The molecule has 1 saturated heterocycles. The van der Waals surface area contributed by atoms with E-state index in [0.29, 0.717) is 31.1 Å². The molecule has 8 heteroatoms. The van der Waals surface area contributed by atoms with Crippen LogP contribution in [-0.4, -0.2) is 60.2 Å². The second kappa shape index (κ2) is 17.0. The molecule has 2 heterocycles. The number of nitrogens with zero attached hydrogens (tertiary/aromatic N) is 2. The quantitative estimate of drug-likeness (QED) is 0.224. The minimum Gasteiger partial charge on any atom is -0.359 e. The van der Waals surface area contributed by atoms with Gasteiger partial charge in [-0.1, -0.05) is 64.5 Å². The first kappa shape index (κ1) is 33.3. The largest absolute Gasteiger partial charge is 0.359 e. The highest BCUT2D eigenvalue weighted by Gasteiger charge is 2.27. The number of likely N-dealkylation sites (tertiary alicyclic amines) is 1. The molecule has 236 valence electrons. The van der Waals surface area contributed by atoms with Crippen molar-refractivity contribution >= 4 is 39.2 Å². The number of allylic oxidation sites excluding steroid dienone is 1. The Morgan fingerprint density at radius 3 is 2.53 bits per heavy atom. The van der Waals surface area contributed by atoms with Crippen molar-refractivity contribution in [3.05, 3.63) is 40.9 Å². The van der Waals surface area contributed by atoms with Gasteiger partial charge in [0.2, 0.25) is 11.8 Å². The van der Waals surface area contributed by atoms with Gasteiger partial charge in [-0.2, -0.15) is 0 Å². The van der Waals surface area contributed by atoms with Crippen LogP contribution in [0.15, 0.2) is 30.4 Å². The highest BCUT2D eigenvalue weighted by molar-refractivity contribution is 7.18. The standard InChI is InChI=1S/C35H52N4O3S/c1-25(2)27-14-17-31-32(22-27)43-34(38-31)24-28(23-33(41)36-3)35(42)37-29(21-26-11-6-4-7-12-26)15-16-30(40)13-10-20-39-18-8-5-9-19-39/h10,13-14,17,22,25-26,28-29H,4-9,11-12,15-16,18-21,23-24H2,1-3H3,(H,36,41)(H,37,42)/b13-10+/t28-,29+/m0/s1. The van der Waals surface area contributed by atoms with E-state index in [1.165, 1.54) is 56.9 Å². The highest BCUT2D eigenvalue weighted by Crippen LogP contribution is 2.30. The average Bonchev–Trinajstić information content (AvgIpc) is 3.42. The lowest BCUT2D eigenvalue weighted by Gasteiger charge is -2.28. The number of rotatable bonds is 15. The monoisotopic (exact) mass is 608 g/mol. The van der Waals surface area contributed by atoms with E-state index in [9.17, 15) is 14.4 Å². The minimum atomic E-state index is -0.515. The van der Waals surface area contributed by atoms with E-state index < -0.39 is 5.92 Å². The Kier molecular flexibility index (Phi) is 13.2. The number of carbonyl (C=O) groups excluding carboxylic acids is 3. The summed E-state index contributed by atoms with van der Waals surface area (Å²) in [5.74, 6) is 0.345. The van der Waals surface area contributed by atoms with E-state index >= 15 is 0 Å². The van der Waals surface area contributed by atoms with Gasteiger partial charge in [0, 0.05) is 38.9 Å². The molecule has 1 aromatic heterocycles. The fourth-order valence-electron chi connectivity index (χ4n) is 6.50. The van der Waals surface area contributed by atoms with E-state index in [-0.39, 0.29) is 30.1 Å². The SMILES string of the molecule is CNC(=O)C[C@@H](Cc1nc2ccc(C(C)C)cc2s1)C(=O)N[C@H](CCC(=O)/C=C/CN1CCCCC1)CC1CCCCC1. The number of nitrogens with one attached hydrogen (secondary N) is 2. The zero-order chi connectivity index (χ0) is 30.6. The molecule has 2 N–H and O–H groups in total. The van der Waals surface area contributed by atoms with E-state index in [1.54, 1.807) is 24.5 Å². The van der Waals surface area contributed by atoms with E-state index in [1.807, 2.05) is 6.08 Å². The first-order chi connectivity index (χ1) is 20.8. The molecule has 0 bridgehead atoms. The summed E-state index contributed by atoms with van der Waals surface area (Å²) in [7, 11) is 1.61. The van der Waals surface area contributed by atoms with Crippen molar-refractivity contribution < 1.29 is 14.4 Å².